The highest BCUT2D eigenvalue weighted by atomic mass is 32.2. The maximum atomic E-state index is 11.9. The second-order valence-electron chi connectivity index (χ2n) is 6.13. The molecule has 4 N–H and O–H groups in total. The third kappa shape index (κ3) is 6.17. The van der Waals surface area contributed by atoms with Crippen LogP contribution in [0.15, 0.2) is 24.3 Å². The highest BCUT2D eigenvalue weighted by Gasteiger charge is 2.32. The van der Waals surface area contributed by atoms with E-state index in [-0.39, 0.29) is 18.9 Å². The van der Waals surface area contributed by atoms with Crippen LogP contribution in [0, 0.1) is 12.3 Å². The highest BCUT2D eigenvalue weighted by Crippen LogP contribution is 2.19. The van der Waals surface area contributed by atoms with Crippen LogP contribution in [0.25, 0.3) is 0 Å². The molecule has 0 aliphatic heterocycles. The van der Waals surface area contributed by atoms with E-state index < -0.39 is 27.4 Å². The molecule has 0 saturated carbocycles. The van der Waals surface area contributed by atoms with E-state index in [4.69, 9.17) is 5.11 Å². The summed E-state index contributed by atoms with van der Waals surface area (Å²) in [6.07, 6.45) is -1.42. The number of hydrogen-bond donors (Lipinski definition) is 4. The molecular weight excluding hydrogens is 320 g/mol. The van der Waals surface area contributed by atoms with Gasteiger partial charge in [-0.05, 0) is 19.1 Å². The Morgan fingerprint density at radius 2 is 1.83 bits per heavy atom. The summed E-state index contributed by atoms with van der Waals surface area (Å²) < 4.78 is 26.3. The van der Waals surface area contributed by atoms with Crippen molar-refractivity contribution < 1.29 is 23.4 Å². The summed E-state index contributed by atoms with van der Waals surface area (Å²) in [5, 5.41) is 21.3. The first-order valence-corrected chi connectivity index (χ1v) is 8.86. The van der Waals surface area contributed by atoms with Gasteiger partial charge in [0.25, 0.3) is 0 Å². The maximum absolute atomic E-state index is 11.9. The normalized spacial score (nSPS) is 13.4. The minimum absolute atomic E-state index is 0.140. The number of rotatable bonds is 8. The van der Waals surface area contributed by atoms with Gasteiger partial charge in [0.15, 0.2) is 0 Å². The standard InChI is InChI=1S/C15H24N2O5S/c1-11-4-6-12(7-5-11)17-23(21,22)9-8-16-14(20)13(19)15(2,3)10-18/h4-7,13,17-19H,8-10H2,1-3H3,(H,16,20)/t13-/m0/s1. The molecule has 7 nitrogen and oxygen atoms in total. The van der Waals surface area contributed by atoms with Crippen molar-refractivity contribution in [2.45, 2.75) is 26.9 Å². The summed E-state index contributed by atoms with van der Waals surface area (Å²) in [7, 11) is -3.61. The Balaban J connectivity index is 2.51. The number of benzene rings is 1. The highest BCUT2D eigenvalue weighted by molar-refractivity contribution is 7.92. The lowest BCUT2D eigenvalue weighted by atomic mass is 9.87. The molecule has 1 aromatic carbocycles. The Kier molecular flexibility index (Phi) is 6.55. The third-order valence-corrected chi connectivity index (χ3v) is 4.68. The van der Waals surface area contributed by atoms with Crippen molar-refractivity contribution in [1.82, 2.24) is 5.32 Å². The molecule has 0 aromatic heterocycles. The van der Waals surface area contributed by atoms with E-state index >= 15 is 0 Å². The van der Waals surface area contributed by atoms with E-state index in [0.717, 1.165) is 5.56 Å². The number of hydrogen-bond acceptors (Lipinski definition) is 5. The first kappa shape index (κ1) is 19.4. The fraction of sp³-hybridized carbons (Fsp3) is 0.533. The number of aryl methyl sites for hydroxylation is 1. The van der Waals surface area contributed by atoms with Crippen molar-refractivity contribution in [2.24, 2.45) is 5.41 Å². The summed E-state index contributed by atoms with van der Waals surface area (Å²) in [6, 6.07) is 6.87. The van der Waals surface area contributed by atoms with Crippen LogP contribution in [-0.4, -0.2) is 49.5 Å². The lowest BCUT2D eigenvalue weighted by Gasteiger charge is -2.27. The van der Waals surface area contributed by atoms with Gasteiger partial charge in [-0.1, -0.05) is 31.5 Å². The Morgan fingerprint density at radius 3 is 2.35 bits per heavy atom. The average molecular weight is 344 g/mol. The lowest BCUT2D eigenvalue weighted by Crippen LogP contribution is -2.46. The predicted molar refractivity (Wildman–Crippen MR) is 88.5 cm³/mol. The van der Waals surface area contributed by atoms with Gasteiger partial charge < -0.3 is 15.5 Å². The predicted octanol–water partition coefficient (Wildman–Crippen LogP) is 0.232. The minimum Gasteiger partial charge on any atom is -0.396 e. The van der Waals surface area contributed by atoms with Crippen LogP contribution in [0.4, 0.5) is 5.69 Å². The second kappa shape index (κ2) is 7.76. The molecule has 0 aliphatic carbocycles. The van der Waals surface area contributed by atoms with Crippen LogP contribution in [0.1, 0.15) is 19.4 Å². The molecule has 0 bridgehead atoms. The van der Waals surface area contributed by atoms with Crippen LogP contribution in [0.5, 0.6) is 0 Å². The average Bonchev–Trinajstić information content (AvgIpc) is 2.48. The van der Waals surface area contributed by atoms with Crippen molar-refractivity contribution in [3.8, 4) is 0 Å². The van der Waals surface area contributed by atoms with Gasteiger partial charge in [-0.3, -0.25) is 9.52 Å². The molecule has 0 aliphatic rings. The number of nitrogens with one attached hydrogen (secondary N) is 2. The number of amides is 1. The fourth-order valence-electron chi connectivity index (χ4n) is 1.70. The number of carbonyl (C=O) groups is 1. The Hall–Kier alpha value is -1.64. The topological polar surface area (TPSA) is 116 Å². The summed E-state index contributed by atoms with van der Waals surface area (Å²) in [5.74, 6) is -1.03. The van der Waals surface area contributed by atoms with Crippen LogP contribution in [0.3, 0.4) is 0 Å². The van der Waals surface area contributed by atoms with Crippen molar-refractivity contribution in [3.63, 3.8) is 0 Å². The van der Waals surface area contributed by atoms with Gasteiger partial charge in [-0.25, -0.2) is 8.42 Å². The van der Waals surface area contributed by atoms with E-state index in [2.05, 4.69) is 10.0 Å². The SMILES string of the molecule is Cc1ccc(NS(=O)(=O)CCNC(=O)[C@H](O)C(C)(C)CO)cc1. The van der Waals surface area contributed by atoms with Crippen LogP contribution in [0.2, 0.25) is 0 Å². The zero-order valence-corrected chi connectivity index (χ0v) is 14.4. The summed E-state index contributed by atoms with van der Waals surface area (Å²) in [5.41, 5.74) is 0.465. The summed E-state index contributed by atoms with van der Waals surface area (Å²) in [6.45, 7) is 4.46. The number of aliphatic hydroxyl groups excluding tert-OH is 2. The monoisotopic (exact) mass is 344 g/mol. The maximum Gasteiger partial charge on any atom is 0.249 e. The number of anilines is 1. The van der Waals surface area contributed by atoms with E-state index in [1.165, 1.54) is 13.8 Å². The molecule has 8 heteroatoms. The Bertz CT molecular complexity index is 626. The molecular formula is C15H24N2O5S. The van der Waals surface area contributed by atoms with Gasteiger partial charge in [-0.2, -0.15) is 0 Å². The smallest absolute Gasteiger partial charge is 0.249 e. The lowest BCUT2D eigenvalue weighted by molar-refractivity contribution is -0.136. The van der Waals surface area contributed by atoms with Crippen molar-refractivity contribution >= 4 is 21.6 Å². The van der Waals surface area contributed by atoms with Gasteiger partial charge in [0.05, 0.1) is 12.4 Å². The molecule has 0 fully saturated rings. The molecule has 1 atom stereocenters. The van der Waals surface area contributed by atoms with E-state index in [1.54, 1.807) is 24.3 Å². The Labute approximate surface area is 136 Å². The molecule has 1 amide bonds. The molecule has 23 heavy (non-hydrogen) atoms. The van der Waals surface area contributed by atoms with E-state index in [9.17, 15) is 18.3 Å². The summed E-state index contributed by atoms with van der Waals surface area (Å²) in [4.78, 5) is 11.7. The van der Waals surface area contributed by atoms with E-state index in [1.807, 2.05) is 6.92 Å². The van der Waals surface area contributed by atoms with Crippen molar-refractivity contribution in [3.05, 3.63) is 29.8 Å². The molecule has 0 radical (unpaired) electrons. The van der Waals surface area contributed by atoms with Gasteiger partial charge >= 0.3 is 0 Å². The molecule has 0 unspecified atom stereocenters. The molecule has 0 saturated heterocycles. The Morgan fingerprint density at radius 1 is 1.26 bits per heavy atom. The zero-order chi connectivity index (χ0) is 17.7. The number of aliphatic hydroxyl groups is 2. The van der Waals surface area contributed by atoms with Gasteiger partial charge in [0.2, 0.25) is 15.9 Å². The van der Waals surface area contributed by atoms with Gasteiger partial charge in [0, 0.05) is 17.6 Å². The second-order valence-corrected chi connectivity index (χ2v) is 7.97. The first-order valence-electron chi connectivity index (χ1n) is 7.21. The molecule has 1 aromatic rings. The first-order chi connectivity index (χ1) is 10.6. The largest absolute Gasteiger partial charge is 0.396 e. The number of carbonyl (C=O) groups excluding carboxylic acids is 1. The quantitative estimate of drug-likeness (QED) is 0.539. The van der Waals surface area contributed by atoms with Crippen LogP contribution >= 0.6 is 0 Å². The van der Waals surface area contributed by atoms with Crippen molar-refractivity contribution in [1.29, 1.82) is 0 Å². The zero-order valence-electron chi connectivity index (χ0n) is 13.5. The molecule has 1 rings (SSSR count). The van der Waals surface area contributed by atoms with E-state index in [0.29, 0.717) is 5.69 Å². The summed E-state index contributed by atoms with van der Waals surface area (Å²) >= 11 is 0. The van der Waals surface area contributed by atoms with Crippen molar-refractivity contribution in [2.75, 3.05) is 23.6 Å². The fourth-order valence-corrected chi connectivity index (χ4v) is 2.67. The minimum atomic E-state index is -3.61. The van der Waals surface area contributed by atoms with Crippen LogP contribution < -0.4 is 10.0 Å². The van der Waals surface area contributed by atoms with Crippen LogP contribution in [-0.2, 0) is 14.8 Å². The molecule has 130 valence electrons. The van der Waals surface area contributed by atoms with Gasteiger partial charge in [0.1, 0.15) is 6.10 Å². The molecule has 0 heterocycles. The number of sulfonamides is 1. The third-order valence-electron chi connectivity index (χ3n) is 3.39. The molecule has 0 spiro atoms. The van der Waals surface area contributed by atoms with Gasteiger partial charge in [-0.15, -0.1) is 0 Å².